The number of ether oxygens (including phenoxy) is 1. The van der Waals surface area contributed by atoms with Gasteiger partial charge in [0.05, 0.1) is 18.1 Å². The van der Waals surface area contributed by atoms with E-state index in [-0.39, 0.29) is 18.3 Å². The van der Waals surface area contributed by atoms with Crippen molar-refractivity contribution in [1.82, 2.24) is 9.55 Å². The van der Waals surface area contributed by atoms with Gasteiger partial charge in [-0.2, -0.15) is 0 Å². The predicted molar refractivity (Wildman–Crippen MR) is 157 cm³/mol. The first-order valence-corrected chi connectivity index (χ1v) is 15.0. The molecule has 2 heterocycles. The number of fused-ring (bicyclic) bond motifs is 1. The Morgan fingerprint density at radius 3 is 2.58 bits per heavy atom. The van der Waals surface area contributed by atoms with Crippen LogP contribution in [0.5, 0.6) is 0 Å². The van der Waals surface area contributed by atoms with Crippen LogP contribution >= 0.6 is 11.8 Å². The third kappa shape index (κ3) is 6.39. The minimum absolute atomic E-state index is 0.184. The van der Waals surface area contributed by atoms with Crippen LogP contribution in [-0.2, 0) is 16.1 Å². The van der Waals surface area contributed by atoms with E-state index < -0.39 is 11.9 Å². The standard InChI is InChI=1S/C32H34FN3O3S/c1-3-39-32(38)23-10-15-30(34-18-23)35-31(37)27(16-21-6-4-5-7-21)28-20-36(29-14-11-24(33)17-26(28)29)19-22-8-12-25(40-2)13-9-22/h8-15,17-18,20-21,27H,3-7,16,19H2,1-2H3,(H,34,35,37). The molecule has 0 aliphatic heterocycles. The topological polar surface area (TPSA) is 73.2 Å². The average Bonchev–Trinajstić information content (AvgIpc) is 3.60. The smallest absolute Gasteiger partial charge is 0.339 e. The van der Waals surface area contributed by atoms with Crippen molar-refractivity contribution in [1.29, 1.82) is 0 Å². The van der Waals surface area contributed by atoms with Crippen molar-refractivity contribution in [2.45, 2.75) is 56.4 Å². The third-order valence-corrected chi connectivity index (χ3v) is 8.39. The first kappa shape index (κ1) is 27.9. The first-order chi connectivity index (χ1) is 19.4. The zero-order valence-corrected chi connectivity index (χ0v) is 23.7. The number of carbonyl (C=O) groups excluding carboxylic acids is 2. The first-order valence-electron chi connectivity index (χ1n) is 13.8. The van der Waals surface area contributed by atoms with E-state index in [1.54, 1.807) is 43.0 Å². The van der Waals surface area contributed by atoms with Crippen molar-refractivity contribution in [3.63, 3.8) is 0 Å². The molecule has 1 aliphatic carbocycles. The summed E-state index contributed by atoms with van der Waals surface area (Å²) in [7, 11) is 0. The van der Waals surface area contributed by atoms with Crippen LogP contribution in [0.2, 0.25) is 0 Å². The largest absolute Gasteiger partial charge is 0.462 e. The summed E-state index contributed by atoms with van der Waals surface area (Å²) < 4.78 is 21.7. The van der Waals surface area contributed by atoms with Gasteiger partial charge in [-0.3, -0.25) is 4.79 Å². The highest BCUT2D eigenvalue weighted by Crippen LogP contribution is 2.38. The van der Waals surface area contributed by atoms with Crippen molar-refractivity contribution in [3.05, 3.63) is 89.5 Å². The number of thioether (sulfide) groups is 1. The van der Waals surface area contributed by atoms with Gasteiger partial charge in [0, 0.05) is 34.7 Å². The summed E-state index contributed by atoms with van der Waals surface area (Å²) in [6, 6.07) is 16.4. The van der Waals surface area contributed by atoms with E-state index in [0.717, 1.165) is 47.7 Å². The summed E-state index contributed by atoms with van der Waals surface area (Å²) in [6.07, 6.45) is 10.7. The van der Waals surface area contributed by atoms with Crippen LogP contribution in [0.4, 0.5) is 10.2 Å². The summed E-state index contributed by atoms with van der Waals surface area (Å²) in [4.78, 5) is 31.3. The number of pyridine rings is 1. The Hall–Kier alpha value is -3.65. The molecule has 0 bridgehead atoms. The molecule has 1 amide bonds. The minimum Gasteiger partial charge on any atom is -0.462 e. The molecule has 5 rings (SSSR count). The fraction of sp³-hybridized carbons (Fsp3) is 0.344. The maximum absolute atomic E-state index is 14.6. The maximum Gasteiger partial charge on any atom is 0.339 e. The number of halogens is 1. The second kappa shape index (κ2) is 12.7. The number of hydrogen-bond acceptors (Lipinski definition) is 5. The Balaban J connectivity index is 1.47. The van der Waals surface area contributed by atoms with Crippen LogP contribution in [0.15, 0.2) is 71.9 Å². The van der Waals surface area contributed by atoms with Crippen molar-refractivity contribution < 1.29 is 18.7 Å². The van der Waals surface area contributed by atoms with Gasteiger partial charge in [-0.1, -0.05) is 37.8 Å². The lowest BCUT2D eigenvalue weighted by Gasteiger charge is -2.20. The van der Waals surface area contributed by atoms with Crippen LogP contribution in [0, 0.1) is 11.7 Å². The minimum atomic E-state index is -0.473. The monoisotopic (exact) mass is 559 g/mol. The van der Waals surface area contributed by atoms with E-state index in [9.17, 15) is 14.0 Å². The van der Waals surface area contributed by atoms with Gasteiger partial charge in [-0.05, 0) is 79.1 Å². The Bertz CT molecular complexity index is 1480. The normalized spacial score (nSPS) is 14.4. The van der Waals surface area contributed by atoms with E-state index in [1.807, 2.05) is 6.20 Å². The van der Waals surface area contributed by atoms with Gasteiger partial charge in [-0.15, -0.1) is 11.8 Å². The summed E-state index contributed by atoms with van der Waals surface area (Å²) in [5.41, 5.74) is 3.17. The van der Waals surface area contributed by atoms with E-state index in [2.05, 4.69) is 45.4 Å². The summed E-state index contributed by atoms with van der Waals surface area (Å²) >= 11 is 1.70. The molecule has 40 heavy (non-hydrogen) atoms. The van der Waals surface area contributed by atoms with Crippen LogP contribution in [-0.4, -0.2) is 34.3 Å². The van der Waals surface area contributed by atoms with Gasteiger partial charge < -0.3 is 14.6 Å². The molecule has 208 valence electrons. The van der Waals surface area contributed by atoms with E-state index in [4.69, 9.17) is 4.74 Å². The number of esters is 1. The van der Waals surface area contributed by atoms with Crippen molar-refractivity contribution in [3.8, 4) is 0 Å². The number of carbonyl (C=O) groups is 2. The number of hydrogen-bond donors (Lipinski definition) is 1. The van der Waals surface area contributed by atoms with Gasteiger partial charge in [0.1, 0.15) is 11.6 Å². The van der Waals surface area contributed by atoms with E-state index in [0.29, 0.717) is 30.3 Å². The quantitative estimate of drug-likeness (QED) is 0.162. The highest BCUT2D eigenvalue weighted by molar-refractivity contribution is 7.98. The summed E-state index contributed by atoms with van der Waals surface area (Å²) in [5, 5.41) is 3.71. The highest BCUT2D eigenvalue weighted by atomic mass is 32.2. The molecule has 8 heteroatoms. The van der Waals surface area contributed by atoms with Crippen LogP contribution in [0.3, 0.4) is 0 Å². The molecule has 1 atom stereocenters. The molecule has 2 aromatic heterocycles. The molecular weight excluding hydrogens is 525 g/mol. The molecule has 1 N–H and O–H groups in total. The summed E-state index contributed by atoms with van der Waals surface area (Å²) in [6.45, 7) is 2.64. The number of amides is 1. The lowest BCUT2D eigenvalue weighted by Crippen LogP contribution is -2.23. The molecule has 1 aliphatic rings. The fourth-order valence-electron chi connectivity index (χ4n) is 5.60. The number of benzene rings is 2. The van der Waals surface area contributed by atoms with E-state index in [1.165, 1.54) is 17.2 Å². The molecule has 4 aromatic rings. The number of aromatic nitrogens is 2. The molecule has 0 spiro atoms. The molecular formula is C32H34FN3O3S. The van der Waals surface area contributed by atoms with Crippen molar-refractivity contribution in [2.24, 2.45) is 5.92 Å². The predicted octanol–water partition coefficient (Wildman–Crippen LogP) is 7.42. The molecule has 1 saturated carbocycles. The number of anilines is 1. The molecule has 2 aromatic carbocycles. The van der Waals surface area contributed by atoms with Gasteiger partial charge >= 0.3 is 5.97 Å². The molecule has 0 radical (unpaired) electrons. The van der Waals surface area contributed by atoms with Gasteiger partial charge in [0.2, 0.25) is 5.91 Å². The van der Waals surface area contributed by atoms with Gasteiger partial charge in [-0.25, -0.2) is 14.2 Å². The van der Waals surface area contributed by atoms with Crippen LogP contribution < -0.4 is 5.32 Å². The Labute approximate surface area is 238 Å². The third-order valence-electron chi connectivity index (χ3n) is 7.65. The SMILES string of the molecule is CCOC(=O)c1ccc(NC(=O)C(CC2CCCC2)c2cn(Cc3ccc(SC)cc3)c3ccc(F)cc23)nc1. The van der Waals surface area contributed by atoms with Crippen LogP contribution in [0.1, 0.15) is 66.4 Å². The zero-order valence-electron chi connectivity index (χ0n) is 22.9. The molecule has 1 fully saturated rings. The summed E-state index contributed by atoms with van der Waals surface area (Å²) in [5.74, 6) is -0.647. The Morgan fingerprint density at radius 1 is 1.12 bits per heavy atom. The lowest BCUT2D eigenvalue weighted by atomic mass is 9.87. The van der Waals surface area contributed by atoms with Gasteiger partial charge in [0.25, 0.3) is 0 Å². The van der Waals surface area contributed by atoms with E-state index >= 15 is 0 Å². The van der Waals surface area contributed by atoms with Crippen molar-refractivity contribution >= 4 is 40.4 Å². The Morgan fingerprint density at radius 2 is 1.90 bits per heavy atom. The molecule has 1 unspecified atom stereocenters. The molecule has 0 saturated heterocycles. The second-order valence-electron chi connectivity index (χ2n) is 10.3. The Kier molecular flexibility index (Phi) is 8.85. The highest BCUT2D eigenvalue weighted by Gasteiger charge is 2.30. The number of nitrogens with zero attached hydrogens (tertiary/aromatic N) is 2. The number of nitrogens with one attached hydrogen (secondary N) is 1. The lowest BCUT2D eigenvalue weighted by molar-refractivity contribution is -0.118. The number of rotatable bonds is 10. The molecule has 6 nitrogen and oxygen atoms in total. The van der Waals surface area contributed by atoms with Crippen LogP contribution in [0.25, 0.3) is 10.9 Å². The maximum atomic E-state index is 14.6. The average molecular weight is 560 g/mol. The van der Waals surface area contributed by atoms with Gasteiger partial charge in [0.15, 0.2) is 0 Å². The fourth-order valence-corrected chi connectivity index (χ4v) is 6.01. The zero-order chi connectivity index (χ0) is 28.1. The van der Waals surface area contributed by atoms with Crippen molar-refractivity contribution in [2.75, 3.05) is 18.2 Å². The second-order valence-corrected chi connectivity index (χ2v) is 11.2.